The molecule has 2 bridgehead atoms. The van der Waals surface area contributed by atoms with Gasteiger partial charge in [-0.15, -0.1) is 5.10 Å². The Morgan fingerprint density at radius 2 is 1.69 bits per heavy atom. The fraction of sp³-hybridized carbons (Fsp3) is 0.484. The van der Waals surface area contributed by atoms with Gasteiger partial charge in [0.15, 0.2) is 5.69 Å². The van der Waals surface area contributed by atoms with Crippen molar-refractivity contribution in [1.82, 2.24) is 28.9 Å². The van der Waals surface area contributed by atoms with E-state index in [9.17, 15) is 4.79 Å². The van der Waals surface area contributed by atoms with Gasteiger partial charge in [-0.1, -0.05) is 47.0 Å². The van der Waals surface area contributed by atoms with Crippen LogP contribution in [0.25, 0.3) is 11.0 Å². The van der Waals surface area contributed by atoms with Crippen molar-refractivity contribution in [2.75, 3.05) is 19.6 Å². The van der Waals surface area contributed by atoms with E-state index in [1.54, 1.807) is 5.38 Å². The van der Waals surface area contributed by atoms with Gasteiger partial charge < -0.3 is 9.47 Å². The summed E-state index contributed by atoms with van der Waals surface area (Å²) in [5, 5.41) is 5.78. The number of amides is 1. The van der Waals surface area contributed by atoms with E-state index in [0.29, 0.717) is 23.8 Å². The van der Waals surface area contributed by atoms with E-state index < -0.39 is 0 Å². The molecule has 7 nitrogen and oxygen atoms in total. The number of hydrogen-bond acceptors (Lipinski definition) is 6. The predicted octanol–water partition coefficient (Wildman–Crippen LogP) is 5.63. The molecule has 39 heavy (non-hydrogen) atoms. The van der Waals surface area contributed by atoms with E-state index in [4.69, 9.17) is 4.98 Å². The Bertz CT molecular complexity index is 1430. The number of rotatable bonds is 6. The Balaban J connectivity index is 1.07. The third kappa shape index (κ3) is 4.47. The van der Waals surface area contributed by atoms with Crippen molar-refractivity contribution in [3.8, 4) is 0 Å². The zero-order chi connectivity index (χ0) is 26.4. The minimum atomic E-state index is 0.0212. The summed E-state index contributed by atoms with van der Waals surface area (Å²) in [7, 11) is 0. The maximum atomic E-state index is 13.0. The van der Waals surface area contributed by atoms with Gasteiger partial charge in [0, 0.05) is 36.6 Å². The third-order valence-electron chi connectivity index (χ3n) is 9.82. The minimum Gasteiger partial charge on any atom is -0.337 e. The number of para-hydroxylation sites is 2. The lowest BCUT2D eigenvalue weighted by Gasteiger charge is -2.45. The number of fused-ring (bicyclic) bond motifs is 3. The Hall–Kier alpha value is -3.10. The molecule has 202 valence electrons. The number of benzene rings is 2. The van der Waals surface area contributed by atoms with Crippen molar-refractivity contribution in [3.63, 3.8) is 0 Å². The number of piperidine rings is 2. The molecule has 3 aliphatic heterocycles. The fourth-order valence-electron chi connectivity index (χ4n) is 7.82. The Morgan fingerprint density at radius 1 is 0.974 bits per heavy atom. The number of hydrogen-bond donors (Lipinski definition) is 0. The molecule has 3 atom stereocenters. The molecule has 3 aliphatic rings. The average molecular weight is 541 g/mol. The lowest BCUT2D eigenvalue weighted by molar-refractivity contribution is 0.0602. The predicted molar refractivity (Wildman–Crippen MR) is 154 cm³/mol. The van der Waals surface area contributed by atoms with E-state index in [2.05, 4.69) is 80.6 Å². The molecule has 2 unspecified atom stereocenters. The van der Waals surface area contributed by atoms with Gasteiger partial charge in [-0.3, -0.25) is 9.69 Å². The number of aromatic nitrogens is 4. The minimum absolute atomic E-state index is 0.0212. The van der Waals surface area contributed by atoms with Crippen LogP contribution in [0.3, 0.4) is 0 Å². The normalized spacial score (nSPS) is 24.8. The topological polar surface area (TPSA) is 67.2 Å². The first-order valence-electron chi connectivity index (χ1n) is 14.4. The Kier molecular flexibility index (Phi) is 6.47. The second-order valence-electron chi connectivity index (χ2n) is 11.7. The standard InChI is InChI=1S/C31H36N6OS/c1-22-32-27-9-5-6-10-29(27)37(22)26-19-24-11-12-25(20-26)36(24)18-15-31(23-7-3-2-4-8-23)13-16-35(17-14-31)30(38)28-21-39-34-33-28/h2-10,21,24-26H,11-20H2,1H3/t24-,25?,26?/m1/s1. The van der Waals surface area contributed by atoms with Crippen molar-refractivity contribution >= 4 is 28.5 Å². The number of aryl methyl sites for hydroxylation is 1. The molecule has 1 amide bonds. The van der Waals surface area contributed by atoms with Crippen molar-refractivity contribution < 1.29 is 4.79 Å². The molecule has 0 aliphatic carbocycles. The average Bonchev–Trinajstić information content (AvgIpc) is 3.68. The van der Waals surface area contributed by atoms with Crippen LogP contribution in [0.4, 0.5) is 0 Å². The molecule has 2 aromatic heterocycles. The van der Waals surface area contributed by atoms with Crippen LogP contribution < -0.4 is 0 Å². The van der Waals surface area contributed by atoms with E-state index in [1.807, 2.05) is 4.90 Å². The number of nitrogens with zero attached hydrogens (tertiary/aromatic N) is 6. The molecule has 0 spiro atoms. The Labute approximate surface area is 234 Å². The molecule has 3 fully saturated rings. The van der Waals surface area contributed by atoms with Crippen molar-refractivity contribution in [2.45, 2.75) is 75.4 Å². The van der Waals surface area contributed by atoms with E-state index in [0.717, 1.165) is 50.2 Å². The van der Waals surface area contributed by atoms with Gasteiger partial charge in [0.05, 0.1) is 11.0 Å². The summed E-state index contributed by atoms with van der Waals surface area (Å²) < 4.78 is 6.41. The van der Waals surface area contributed by atoms with Crippen molar-refractivity contribution in [1.29, 1.82) is 0 Å². The Morgan fingerprint density at radius 3 is 2.41 bits per heavy atom. The molecule has 0 saturated carbocycles. The summed E-state index contributed by atoms with van der Waals surface area (Å²) in [6.45, 7) is 4.84. The van der Waals surface area contributed by atoms with Crippen LogP contribution in [0.5, 0.6) is 0 Å². The van der Waals surface area contributed by atoms with E-state index in [1.165, 1.54) is 48.3 Å². The van der Waals surface area contributed by atoms with Crippen molar-refractivity contribution in [3.05, 3.63) is 77.1 Å². The summed E-state index contributed by atoms with van der Waals surface area (Å²) in [6, 6.07) is 21.5. The quantitative estimate of drug-likeness (QED) is 0.317. The van der Waals surface area contributed by atoms with Crippen LogP contribution in [-0.2, 0) is 5.41 Å². The van der Waals surface area contributed by atoms with Crippen LogP contribution in [0.2, 0.25) is 0 Å². The van der Waals surface area contributed by atoms with Crippen molar-refractivity contribution in [2.24, 2.45) is 0 Å². The number of carbonyl (C=O) groups is 1. The largest absolute Gasteiger partial charge is 0.337 e. The number of carbonyl (C=O) groups excluding carboxylic acids is 1. The third-order valence-corrected chi connectivity index (χ3v) is 10.3. The maximum absolute atomic E-state index is 13.0. The second-order valence-corrected chi connectivity index (χ2v) is 12.4. The highest BCUT2D eigenvalue weighted by molar-refractivity contribution is 7.03. The summed E-state index contributed by atoms with van der Waals surface area (Å²) >= 11 is 1.24. The molecule has 5 heterocycles. The van der Waals surface area contributed by atoms with Gasteiger partial charge in [-0.2, -0.15) is 0 Å². The lowest BCUT2D eigenvalue weighted by atomic mass is 9.70. The first-order chi connectivity index (χ1) is 19.1. The molecular formula is C31H36N6OS. The van der Waals surface area contributed by atoms with Crippen LogP contribution in [-0.4, -0.2) is 66.6 Å². The van der Waals surface area contributed by atoms with Crippen LogP contribution in [0, 0.1) is 6.92 Å². The van der Waals surface area contributed by atoms with Gasteiger partial charge in [0.25, 0.3) is 5.91 Å². The van der Waals surface area contributed by atoms with Gasteiger partial charge in [-0.25, -0.2) is 4.98 Å². The summed E-state index contributed by atoms with van der Waals surface area (Å²) in [5.74, 6) is 1.17. The fourth-order valence-corrected chi connectivity index (χ4v) is 8.25. The highest BCUT2D eigenvalue weighted by Crippen LogP contribution is 2.45. The molecule has 2 aromatic carbocycles. The molecule has 7 rings (SSSR count). The van der Waals surface area contributed by atoms with Crippen LogP contribution in [0.15, 0.2) is 60.0 Å². The summed E-state index contributed by atoms with van der Waals surface area (Å²) in [4.78, 5) is 22.6. The van der Waals surface area contributed by atoms with Gasteiger partial charge >= 0.3 is 0 Å². The highest BCUT2D eigenvalue weighted by Gasteiger charge is 2.44. The molecule has 0 radical (unpaired) electrons. The molecule has 8 heteroatoms. The van der Waals surface area contributed by atoms with Crippen LogP contribution >= 0.6 is 11.5 Å². The molecular weight excluding hydrogens is 504 g/mol. The second kappa shape index (κ2) is 10.1. The SMILES string of the molecule is Cc1nc2ccccc2n1C1CC2CC[C@H](C1)N2CCC1(c2ccccc2)CCN(C(=O)c2csnn2)CC1. The summed E-state index contributed by atoms with van der Waals surface area (Å²) in [6.07, 6.45) is 8.14. The van der Waals surface area contributed by atoms with E-state index in [-0.39, 0.29) is 11.3 Å². The molecule has 3 saturated heterocycles. The maximum Gasteiger partial charge on any atom is 0.275 e. The smallest absolute Gasteiger partial charge is 0.275 e. The van der Waals surface area contributed by atoms with Gasteiger partial charge in [-0.05, 0) is 93.1 Å². The monoisotopic (exact) mass is 540 g/mol. The molecule has 0 N–H and O–H groups in total. The highest BCUT2D eigenvalue weighted by atomic mass is 32.1. The van der Waals surface area contributed by atoms with Gasteiger partial charge in [0.2, 0.25) is 0 Å². The lowest BCUT2D eigenvalue weighted by Crippen LogP contribution is -2.49. The first-order valence-corrected chi connectivity index (χ1v) is 15.3. The van der Waals surface area contributed by atoms with Crippen LogP contribution in [0.1, 0.15) is 72.9 Å². The number of imidazole rings is 1. The van der Waals surface area contributed by atoms with E-state index >= 15 is 0 Å². The molecule has 4 aromatic rings. The van der Waals surface area contributed by atoms with Gasteiger partial charge in [0.1, 0.15) is 5.82 Å². The summed E-state index contributed by atoms with van der Waals surface area (Å²) in [5.41, 5.74) is 4.41. The zero-order valence-corrected chi connectivity index (χ0v) is 23.4. The first kappa shape index (κ1) is 24.9. The zero-order valence-electron chi connectivity index (χ0n) is 22.6. The number of likely N-dealkylation sites (tertiary alicyclic amines) is 1.